The molecule has 1 fully saturated rings. The van der Waals surface area contributed by atoms with Gasteiger partial charge >= 0.3 is 0 Å². The van der Waals surface area contributed by atoms with Gasteiger partial charge < -0.3 is 10.4 Å². The number of rotatable bonds is 5. The third-order valence-corrected chi connectivity index (χ3v) is 4.23. The van der Waals surface area contributed by atoms with E-state index in [4.69, 9.17) is 6.42 Å². The van der Waals surface area contributed by atoms with Gasteiger partial charge in [-0.3, -0.25) is 9.69 Å². The van der Waals surface area contributed by atoms with Gasteiger partial charge in [-0.25, -0.2) is 0 Å². The number of likely N-dealkylation sites (tertiary alicyclic amines) is 1. The first-order valence-corrected chi connectivity index (χ1v) is 7.15. The molecular weight excluding hydrogens is 240 g/mol. The number of nitrogens with one attached hydrogen (secondary N) is 1. The van der Waals surface area contributed by atoms with Gasteiger partial charge in [0.1, 0.15) is 5.54 Å². The van der Waals surface area contributed by atoms with E-state index in [1.54, 1.807) is 0 Å². The van der Waals surface area contributed by atoms with E-state index in [0.29, 0.717) is 19.0 Å². The first-order valence-electron chi connectivity index (χ1n) is 7.15. The lowest BCUT2D eigenvalue weighted by Crippen LogP contribution is -2.52. The molecule has 4 nitrogen and oxygen atoms in total. The van der Waals surface area contributed by atoms with Gasteiger partial charge in [0, 0.05) is 6.54 Å². The van der Waals surface area contributed by atoms with E-state index < -0.39 is 5.54 Å². The van der Waals surface area contributed by atoms with Crippen LogP contribution in [-0.4, -0.2) is 47.2 Å². The molecular formula is C15H26N2O2. The number of hydrogen-bond acceptors (Lipinski definition) is 3. The Labute approximate surface area is 116 Å². The Morgan fingerprint density at radius 3 is 2.63 bits per heavy atom. The van der Waals surface area contributed by atoms with Gasteiger partial charge in [-0.2, -0.15) is 0 Å². The Bertz CT molecular complexity index is 345. The third-order valence-electron chi connectivity index (χ3n) is 4.23. The monoisotopic (exact) mass is 266 g/mol. The van der Waals surface area contributed by atoms with E-state index >= 15 is 0 Å². The molecule has 0 bridgehead atoms. The topological polar surface area (TPSA) is 52.6 Å². The summed E-state index contributed by atoms with van der Waals surface area (Å²) in [6.07, 6.45) is 7.58. The van der Waals surface area contributed by atoms with Crippen molar-refractivity contribution in [3.8, 4) is 12.3 Å². The summed E-state index contributed by atoms with van der Waals surface area (Å²) < 4.78 is 0. The van der Waals surface area contributed by atoms with Crippen LogP contribution in [0.15, 0.2) is 0 Å². The third kappa shape index (κ3) is 4.22. The maximum Gasteiger partial charge on any atom is 0.235 e. The zero-order chi connectivity index (χ0) is 14.5. The van der Waals surface area contributed by atoms with Crippen LogP contribution in [0, 0.1) is 18.3 Å². The zero-order valence-corrected chi connectivity index (χ0v) is 12.3. The Morgan fingerprint density at radius 2 is 2.16 bits per heavy atom. The van der Waals surface area contributed by atoms with E-state index in [1.165, 1.54) is 0 Å². The van der Waals surface area contributed by atoms with Crippen molar-refractivity contribution in [2.24, 2.45) is 5.92 Å². The van der Waals surface area contributed by atoms with Gasteiger partial charge in [0.25, 0.3) is 0 Å². The van der Waals surface area contributed by atoms with Crippen LogP contribution in [0.25, 0.3) is 0 Å². The average molecular weight is 266 g/mol. The second-order valence-corrected chi connectivity index (χ2v) is 5.55. The fourth-order valence-corrected chi connectivity index (χ4v) is 2.43. The second kappa shape index (κ2) is 6.93. The first-order chi connectivity index (χ1) is 8.96. The van der Waals surface area contributed by atoms with Gasteiger partial charge in [0.2, 0.25) is 5.91 Å². The smallest absolute Gasteiger partial charge is 0.235 e. The summed E-state index contributed by atoms with van der Waals surface area (Å²) in [6, 6.07) is 0. The highest BCUT2D eigenvalue weighted by Crippen LogP contribution is 2.17. The SMILES string of the molecule is C#CC(CC)(CC)NC(=O)CN1CCC(C)C(O)C1. The molecule has 2 unspecified atom stereocenters. The van der Waals surface area contributed by atoms with Crippen LogP contribution in [0.4, 0.5) is 0 Å². The molecule has 1 aliphatic heterocycles. The van der Waals surface area contributed by atoms with Crippen LogP contribution in [0.5, 0.6) is 0 Å². The van der Waals surface area contributed by atoms with Crippen LogP contribution in [0.1, 0.15) is 40.0 Å². The first kappa shape index (κ1) is 16.0. The van der Waals surface area contributed by atoms with Gasteiger partial charge in [0.05, 0.1) is 12.6 Å². The molecule has 0 spiro atoms. The van der Waals surface area contributed by atoms with E-state index in [2.05, 4.69) is 11.2 Å². The predicted molar refractivity (Wildman–Crippen MR) is 76.5 cm³/mol. The Morgan fingerprint density at radius 1 is 1.53 bits per heavy atom. The highest BCUT2D eigenvalue weighted by Gasteiger charge is 2.29. The lowest BCUT2D eigenvalue weighted by molar-refractivity contribution is -0.124. The van der Waals surface area contributed by atoms with Crippen LogP contribution in [-0.2, 0) is 4.79 Å². The molecule has 108 valence electrons. The standard InChI is InChI=1S/C15H26N2O2/c1-5-15(6-2,7-3)16-14(19)11-17-9-8-12(4)13(18)10-17/h1,12-13,18H,6-11H2,2-4H3,(H,16,19). The van der Waals surface area contributed by atoms with Crippen molar-refractivity contribution in [1.82, 2.24) is 10.2 Å². The number of piperidine rings is 1. The number of β-amino-alcohol motifs (C(OH)–C–C–N with tert-alkyl or cyclic N) is 1. The summed E-state index contributed by atoms with van der Waals surface area (Å²) in [7, 11) is 0. The van der Waals surface area contributed by atoms with Crippen LogP contribution in [0.3, 0.4) is 0 Å². The Balaban J connectivity index is 2.50. The van der Waals surface area contributed by atoms with Gasteiger partial charge in [-0.15, -0.1) is 6.42 Å². The highest BCUT2D eigenvalue weighted by atomic mass is 16.3. The molecule has 1 heterocycles. The minimum atomic E-state index is -0.529. The molecule has 2 N–H and O–H groups in total. The minimum Gasteiger partial charge on any atom is -0.392 e. The maximum atomic E-state index is 12.1. The number of carbonyl (C=O) groups excluding carboxylic acids is 1. The molecule has 0 radical (unpaired) electrons. The van der Waals surface area contributed by atoms with E-state index in [1.807, 2.05) is 25.7 Å². The molecule has 0 aromatic carbocycles. The molecule has 0 aromatic heterocycles. The maximum absolute atomic E-state index is 12.1. The summed E-state index contributed by atoms with van der Waals surface area (Å²) in [5.74, 6) is 2.96. The van der Waals surface area contributed by atoms with Crippen molar-refractivity contribution in [1.29, 1.82) is 0 Å². The van der Waals surface area contributed by atoms with E-state index in [0.717, 1.165) is 25.8 Å². The summed E-state index contributed by atoms with van der Waals surface area (Å²) in [4.78, 5) is 14.1. The number of hydrogen-bond donors (Lipinski definition) is 2. The van der Waals surface area contributed by atoms with Crippen molar-refractivity contribution in [2.75, 3.05) is 19.6 Å². The number of nitrogens with zero attached hydrogens (tertiary/aromatic N) is 1. The molecule has 1 rings (SSSR count). The summed E-state index contributed by atoms with van der Waals surface area (Å²) in [6.45, 7) is 7.74. The van der Waals surface area contributed by atoms with Gasteiger partial charge in [0.15, 0.2) is 0 Å². The Kier molecular flexibility index (Phi) is 5.84. The zero-order valence-electron chi connectivity index (χ0n) is 12.3. The quantitative estimate of drug-likeness (QED) is 0.730. The summed E-state index contributed by atoms with van der Waals surface area (Å²) in [5, 5.41) is 12.8. The lowest BCUT2D eigenvalue weighted by atomic mass is 9.93. The van der Waals surface area contributed by atoms with Crippen LogP contribution < -0.4 is 5.32 Å². The Hall–Kier alpha value is -1.05. The summed E-state index contributed by atoms with van der Waals surface area (Å²) >= 11 is 0. The number of aliphatic hydroxyl groups is 1. The van der Waals surface area contributed by atoms with Crippen molar-refractivity contribution >= 4 is 5.91 Å². The molecule has 1 amide bonds. The van der Waals surface area contributed by atoms with Crippen molar-refractivity contribution in [3.63, 3.8) is 0 Å². The van der Waals surface area contributed by atoms with E-state index in [9.17, 15) is 9.90 Å². The van der Waals surface area contributed by atoms with Crippen molar-refractivity contribution < 1.29 is 9.90 Å². The van der Waals surface area contributed by atoms with Crippen LogP contribution in [0.2, 0.25) is 0 Å². The number of amides is 1. The molecule has 1 saturated heterocycles. The average Bonchev–Trinajstić information content (AvgIpc) is 2.40. The predicted octanol–water partition coefficient (Wildman–Crippen LogP) is 0.997. The number of aliphatic hydroxyl groups excluding tert-OH is 1. The molecule has 0 aromatic rings. The highest BCUT2D eigenvalue weighted by molar-refractivity contribution is 5.79. The lowest BCUT2D eigenvalue weighted by Gasteiger charge is -2.35. The molecule has 1 aliphatic rings. The van der Waals surface area contributed by atoms with Gasteiger partial charge in [-0.05, 0) is 31.7 Å². The molecule has 19 heavy (non-hydrogen) atoms. The molecule has 4 heteroatoms. The molecule has 0 saturated carbocycles. The van der Waals surface area contributed by atoms with Crippen LogP contribution >= 0.6 is 0 Å². The number of carbonyl (C=O) groups is 1. The summed E-state index contributed by atoms with van der Waals surface area (Å²) in [5.41, 5.74) is -0.529. The van der Waals surface area contributed by atoms with Crippen molar-refractivity contribution in [3.05, 3.63) is 0 Å². The van der Waals surface area contributed by atoms with E-state index in [-0.39, 0.29) is 12.0 Å². The normalized spacial score (nSPS) is 24.8. The van der Waals surface area contributed by atoms with Gasteiger partial charge in [-0.1, -0.05) is 26.7 Å². The molecule has 0 aliphatic carbocycles. The minimum absolute atomic E-state index is 0.0524. The number of terminal acetylenes is 1. The fourth-order valence-electron chi connectivity index (χ4n) is 2.43. The largest absolute Gasteiger partial charge is 0.392 e. The van der Waals surface area contributed by atoms with Crippen molar-refractivity contribution in [2.45, 2.75) is 51.7 Å². The molecule has 2 atom stereocenters. The fraction of sp³-hybridized carbons (Fsp3) is 0.800. The second-order valence-electron chi connectivity index (χ2n) is 5.55.